The molecule has 1 atom stereocenters. The lowest BCUT2D eigenvalue weighted by atomic mass is 10.1. The van der Waals surface area contributed by atoms with Gasteiger partial charge < -0.3 is 24.9 Å². The highest BCUT2D eigenvalue weighted by atomic mass is 32.2. The van der Waals surface area contributed by atoms with Gasteiger partial charge in [-0.3, -0.25) is 0 Å². The number of sulfonamides is 1. The van der Waals surface area contributed by atoms with E-state index < -0.39 is 16.1 Å². The maximum Gasteiger partial charge on any atom is 0.243 e. The van der Waals surface area contributed by atoms with E-state index in [4.69, 9.17) is 9.47 Å². The molecule has 1 aromatic heterocycles. The molecule has 0 bridgehead atoms. The van der Waals surface area contributed by atoms with Crippen molar-refractivity contribution in [3.8, 4) is 11.5 Å². The van der Waals surface area contributed by atoms with Crippen LogP contribution in [0.3, 0.4) is 0 Å². The molecule has 1 aliphatic rings. The number of aromatic nitrogens is 1. The number of hydrogen-bond acceptors (Lipinski definition) is 6. The number of aliphatic hydroxyl groups is 1. The highest BCUT2D eigenvalue weighted by molar-refractivity contribution is 7.89. The second kappa shape index (κ2) is 12.4. The Morgan fingerprint density at radius 1 is 0.974 bits per heavy atom. The zero-order chi connectivity index (χ0) is 27.2. The van der Waals surface area contributed by atoms with Crippen molar-refractivity contribution in [3.05, 3.63) is 66.7 Å². The van der Waals surface area contributed by atoms with E-state index in [-0.39, 0.29) is 24.1 Å². The summed E-state index contributed by atoms with van der Waals surface area (Å²) < 4.78 is 40.9. The van der Waals surface area contributed by atoms with Crippen LogP contribution in [-0.2, 0) is 10.0 Å². The quantitative estimate of drug-likeness (QED) is 0.221. The van der Waals surface area contributed by atoms with Crippen LogP contribution in [0.2, 0.25) is 0 Å². The van der Waals surface area contributed by atoms with Gasteiger partial charge in [0.1, 0.15) is 24.2 Å². The minimum Gasteiger partial charge on any atom is -0.494 e. The second-order valence-electron chi connectivity index (χ2n) is 10.0. The summed E-state index contributed by atoms with van der Waals surface area (Å²) in [6.07, 6.45) is 2.32. The monoisotopic (exact) mass is 551 g/mol. The Morgan fingerprint density at radius 3 is 2.49 bits per heavy atom. The second-order valence-corrected chi connectivity index (χ2v) is 11.9. The fourth-order valence-corrected chi connectivity index (χ4v) is 6.87. The fraction of sp³-hybridized carbons (Fsp3) is 0.400. The van der Waals surface area contributed by atoms with Crippen LogP contribution in [0.4, 0.5) is 0 Å². The molecule has 0 saturated carbocycles. The summed E-state index contributed by atoms with van der Waals surface area (Å²) >= 11 is 0. The van der Waals surface area contributed by atoms with Crippen LogP contribution >= 0.6 is 0 Å². The molecular formula is C30H37N3O5S. The van der Waals surface area contributed by atoms with Gasteiger partial charge in [0.05, 0.1) is 17.0 Å². The number of piperidine rings is 1. The predicted molar refractivity (Wildman–Crippen MR) is 154 cm³/mol. The number of aliphatic hydroxyl groups excluding tert-OH is 1. The third-order valence-electron chi connectivity index (χ3n) is 7.23. The van der Waals surface area contributed by atoms with E-state index in [0.29, 0.717) is 30.9 Å². The van der Waals surface area contributed by atoms with Gasteiger partial charge in [0.2, 0.25) is 10.0 Å². The molecule has 4 aromatic rings. The van der Waals surface area contributed by atoms with Crippen LogP contribution in [0.15, 0.2) is 71.6 Å². The van der Waals surface area contributed by atoms with Gasteiger partial charge in [-0.15, -0.1) is 0 Å². The van der Waals surface area contributed by atoms with Crippen LogP contribution < -0.4 is 14.8 Å². The first-order valence-electron chi connectivity index (χ1n) is 13.7. The maximum atomic E-state index is 13.8. The molecule has 39 heavy (non-hydrogen) atoms. The van der Waals surface area contributed by atoms with Gasteiger partial charge in [-0.05, 0) is 74.8 Å². The third-order valence-corrected chi connectivity index (χ3v) is 9.16. The molecule has 0 radical (unpaired) electrons. The highest BCUT2D eigenvalue weighted by Gasteiger charge is 2.34. The van der Waals surface area contributed by atoms with Crippen molar-refractivity contribution in [2.45, 2.75) is 49.6 Å². The summed E-state index contributed by atoms with van der Waals surface area (Å²) in [5.41, 5.74) is 1.96. The largest absolute Gasteiger partial charge is 0.494 e. The molecule has 5 rings (SSSR count). The number of fused-ring (bicyclic) bond motifs is 3. The first-order chi connectivity index (χ1) is 19.0. The Morgan fingerprint density at radius 2 is 1.72 bits per heavy atom. The van der Waals surface area contributed by atoms with Gasteiger partial charge in [-0.25, -0.2) is 8.42 Å². The van der Waals surface area contributed by atoms with Gasteiger partial charge in [-0.2, -0.15) is 4.31 Å². The zero-order valence-corrected chi connectivity index (χ0v) is 23.1. The summed E-state index contributed by atoms with van der Waals surface area (Å²) in [7, 11) is -3.85. The van der Waals surface area contributed by atoms with Gasteiger partial charge >= 0.3 is 0 Å². The van der Waals surface area contributed by atoms with Gasteiger partial charge in [-0.1, -0.05) is 37.6 Å². The molecule has 0 amide bonds. The number of para-hydroxylation sites is 1. The minimum atomic E-state index is -3.85. The lowest BCUT2D eigenvalue weighted by Gasteiger charge is -2.35. The number of rotatable bonds is 12. The van der Waals surface area contributed by atoms with Crippen LogP contribution in [0.5, 0.6) is 11.5 Å². The number of ether oxygens (including phenoxy) is 2. The SMILES string of the molecule is CCCCOc1ccc(S(=O)(=O)N(C[C@H](O)COc2cccc3[nH]c4ccccc4c23)C2CCNCC2)cc1. The van der Waals surface area contributed by atoms with E-state index in [2.05, 4.69) is 17.2 Å². The number of hydrogen-bond donors (Lipinski definition) is 3. The molecule has 3 aromatic carbocycles. The summed E-state index contributed by atoms with van der Waals surface area (Å²) in [5, 5.41) is 16.3. The normalized spacial score (nSPS) is 15.7. The molecule has 1 fully saturated rings. The van der Waals surface area contributed by atoms with E-state index in [1.165, 1.54) is 4.31 Å². The first kappa shape index (κ1) is 27.5. The fourth-order valence-electron chi connectivity index (χ4n) is 5.15. The van der Waals surface area contributed by atoms with Gasteiger partial charge in [0.25, 0.3) is 0 Å². The molecule has 0 unspecified atom stereocenters. The Bertz CT molecular complexity index is 1480. The molecule has 1 saturated heterocycles. The number of unbranched alkanes of at least 4 members (excludes halogenated alkanes) is 1. The predicted octanol–water partition coefficient (Wildman–Crippen LogP) is 4.68. The number of H-pyrrole nitrogens is 1. The minimum absolute atomic E-state index is 0.0280. The number of benzene rings is 3. The molecule has 8 nitrogen and oxygen atoms in total. The van der Waals surface area contributed by atoms with Crippen LogP contribution in [0.1, 0.15) is 32.6 Å². The molecule has 0 aliphatic carbocycles. The average Bonchev–Trinajstić information content (AvgIpc) is 3.35. The van der Waals surface area contributed by atoms with Crippen LogP contribution in [-0.4, -0.2) is 67.8 Å². The molecule has 2 heterocycles. The molecular weight excluding hydrogens is 514 g/mol. The Labute approximate surface area is 230 Å². The van der Waals surface area contributed by atoms with Crippen molar-refractivity contribution in [3.63, 3.8) is 0 Å². The summed E-state index contributed by atoms with van der Waals surface area (Å²) in [6, 6.07) is 20.1. The number of aromatic amines is 1. The topological polar surface area (TPSA) is 104 Å². The average molecular weight is 552 g/mol. The van der Waals surface area contributed by atoms with Crippen LogP contribution in [0.25, 0.3) is 21.8 Å². The number of nitrogens with zero attached hydrogens (tertiary/aromatic N) is 1. The van der Waals surface area contributed by atoms with E-state index >= 15 is 0 Å². The van der Waals surface area contributed by atoms with Crippen molar-refractivity contribution in [2.75, 3.05) is 32.8 Å². The smallest absolute Gasteiger partial charge is 0.243 e. The lowest BCUT2D eigenvalue weighted by molar-refractivity contribution is 0.0779. The highest BCUT2D eigenvalue weighted by Crippen LogP contribution is 2.33. The maximum absolute atomic E-state index is 13.8. The van der Waals surface area contributed by atoms with Gasteiger partial charge in [0, 0.05) is 28.9 Å². The standard InChI is InChI=1S/C30H37N3O5S/c1-2-3-19-37-24-11-13-25(14-12-24)39(35,36)33(22-15-17-31-18-16-22)20-23(34)21-38-29-10-6-9-28-30(29)26-7-4-5-8-27(26)32-28/h4-14,22-23,31-32,34H,2-3,15-21H2,1H3/t23-/m0/s1. The molecule has 1 aliphatic heterocycles. The summed E-state index contributed by atoms with van der Waals surface area (Å²) in [6.45, 7) is 4.08. The molecule has 3 N–H and O–H groups in total. The van der Waals surface area contributed by atoms with E-state index in [1.54, 1.807) is 24.3 Å². The molecule has 0 spiro atoms. The molecule has 9 heteroatoms. The Balaban J connectivity index is 1.33. The summed E-state index contributed by atoms with van der Waals surface area (Å²) in [5.74, 6) is 1.30. The van der Waals surface area contributed by atoms with E-state index in [0.717, 1.165) is 47.7 Å². The lowest BCUT2D eigenvalue weighted by Crippen LogP contribution is -2.49. The van der Waals surface area contributed by atoms with Crippen molar-refractivity contribution in [1.82, 2.24) is 14.6 Å². The van der Waals surface area contributed by atoms with E-state index in [1.807, 2.05) is 42.5 Å². The zero-order valence-electron chi connectivity index (χ0n) is 22.3. The first-order valence-corrected chi connectivity index (χ1v) is 15.2. The van der Waals surface area contributed by atoms with Gasteiger partial charge in [0.15, 0.2) is 0 Å². The van der Waals surface area contributed by atoms with Crippen LogP contribution in [0, 0.1) is 0 Å². The van der Waals surface area contributed by atoms with Crippen molar-refractivity contribution >= 4 is 31.8 Å². The number of nitrogens with one attached hydrogen (secondary N) is 2. The van der Waals surface area contributed by atoms with Crippen molar-refractivity contribution in [1.29, 1.82) is 0 Å². The summed E-state index contributed by atoms with van der Waals surface area (Å²) in [4.78, 5) is 3.59. The van der Waals surface area contributed by atoms with Crippen molar-refractivity contribution < 1.29 is 23.0 Å². The Kier molecular flexibility index (Phi) is 8.72. The Hall–Kier alpha value is -3.11. The molecule has 208 valence electrons. The third kappa shape index (κ3) is 6.22. The van der Waals surface area contributed by atoms with E-state index in [9.17, 15) is 13.5 Å². The van der Waals surface area contributed by atoms with Crippen molar-refractivity contribution in [2.24, 2.45) is 0 Å².